The minimum absolute atomic E-state index is 0.0629. The summed E-state index contributed by atoms with van der Waals surface area (Å²) in [5, 5.41) is 9.71. The van der Waals surface area contributed by atoms with Gasteiger partial charge >= 0.3 is 6.03 Å². The average Bonchev–Trinajstić information content (AvgIpc) is 2.64. The van der Waals surface area contributed by atoms with Crippen LogP contribution in [-0.2, 0) is 0 Å². The first-order chi connectivity index (χ1) is 13.4. The Morgan fingerprint density at radius 1 is 0.893 bits per heavy atom. The summed E-state index contributed by atoms with van der Waals surface area (Å²) in [7, 11) is 0. The normalized spacial score (nSPS) is 10.6. The number of urea groups is 1. The predicted molar refractivity (Wildman–Crippen MR) is 119 cm³/mol. The highest BCUT2D eigenvalue weighted by Gasteiger charge is 2.10. The lowest BCUT2D eigenvalue weighted by molar-refractivity contribution is 0.250. The zero-order valence-corrected chi connectivity index (χ0v) is 17.0. The van der Waals surface area contributed by atoms with Crippen LogP contribution in [0.15, 0.2) is 66.7 Å². The molecule has 5 heteroatoms. The van der Waals surface area contributed by atoms with Crippen LogP contribution in [0, 0.1) is 6.92 Å². The molecule has 0 saturated carbocycles. The molecule has 144 valence electrons. The number of aryl methyl sites for hydroxylation is 1. The molecule has 3 rings (SSSR count). The van der Waals surface area contributed by atoms with Crippen molar-refractivity contribution in [1.29, 1.82) is 0 Å². The molecule has 28 heavy (non-hydrogen) atoms. The van der Waals surface area contributed by atoms with E-state index >= 15 is 0 Å². The van der Waals surface area contributed by atoms with E-state index in [2.05, 4.69) is 35.0 Å². The van der Waals surface area contributed by atoms with Crippen LogP contribution in [-0.4, -0.2) is 12.1 Å². The van der Waals surface area contributed by atoms with Crippen molar-refractivity contribution in [2.45, 2.75) is 26.8 Å². The van der Waals surface area contributed by atoms with Crippen molar-refractivity contribution in [1.82, 2.24) is 5.32 Å². The molecule has 3 aromatic carbocycles. The fourth-order valence-corrected chi connectivity index (χ4v) is 3.25. The van der Waals surface area contributed by atoms with Crippen LogP contribution in [0.2, 0.25) is 5.02 Å². The number of para-hydroxylation sites is 2. The van der Waals surface area contributed by atoms with E-state index in [0.29, 0.717) is 10.7 Å². The molecule has 0 atom stereocenters. The van der Waals surface area contributed by atoms with Gasteiger partial charge in [-0.15, -0.1) is 0 Å². The van der Waals surface area contributed by atoms with Gasteiger partial charge in [-0.1, -0.05) is 54.1 Å². The van der Waals surface area contributed by atoms with E-state index in [1.54, 1.807) is 0 Å². The van der Waals surface area contributed by atoms with Gasteiger partial charge in [-0.25, -0.2) is 4.79 Å². The lowest BCUT2D eigenvalue weighted by Gasteiger charge is -2.16. The Bertz CT molecular complexity index is 985. The largest absolute Gasteiger partial charge is 0.354 e. The van der Waals surface area contributed by atoms with E-state index in [-0.39, 0.29) is 12.1 Å². The van der Waals surface area contributed by atoms with E-state index in [1.807, 2.05) is 68.4 Å². The van der Waals surface area contributed by atoms with Crippen molar-refractivity contribution in [3.05, 3.63) is 77.3 Å². The second-order valence-corrected chi connectivity index (χ2v) is 7.34. The maximum absolute atomic E-state index is 12.0. The van der Waals surface area contributed by atoms with E-state index in [4.69, 9.17) is 11.6 Å². The lowest BCUT2D eigenvalue weighted by atomic mass is 10.0. The summed E-state index contributed by atoms with van der Waals surface area (Å²) in [6, 6.07) is 21.4. The Kier molecular flexibility index (Phi) is 6.22. The summed E-state index contributed by atoms with van der Waals surface area (Å²) >= 11 is 6.56. The summed E-state index contributed by atoms with van der Waals surface area (Å²) in [6.45, 7) is 5.91. The SMILES string of the molecule is Cc1ccccc1-c1ccc(Nc2ccccc2NC(=O)NC(C)C)cc1Cl. The molecule has 0 fully saturated rings. The van der Waals surface area contributed by atoms with Gasteiger partial charge in [0.05, 0.1) is 16.4 Å². The molecule has 3 N–H and O–H groups in total. The number of carbonyl (C=O) groups is 1. The van der Waals surface area contributed by atoms with Crippen molar-refractivity contribution in [2.24, 2.45) is 0 Å². The number of rotatable bonds is 5. The summed E-state index contributed by atoms with van der Waals surface area (Å²) in [6.07, 6.45) is 0. The topological polar surface area (TPSA) is 53.2 Å². The number of halogens is 1. The molecule has 2 amide bonds. The first kappa shape index (κ1) is 19.8. The Balaban J connectivity index is 1.82. The molecular formula is C23H24ClN3O. The number of hydrogen-bond donors (Lipinski definition) is 3. The highest BCUT2D eigenvalue weighted by molar-refractivity contribution is 6.33. The maximum atomic E-state index is 12.0. The minimum atomic E-state index is -0.239. The van der Waals surface area contributed by atoms with Gasteiger partial charge < -0.3 is 16.0 Å². The Morgan fingerprint density at radius 2 is 1.57 bits per heavy atom. The number of benzene rings is 3. The second-order valence-electron chi connectivity index (χ2n) is 6.93. The maximum Gasteiger partial charge on any atom is 0.319 e. The number of amides is 2. The van der Waals surface area contributed by atoms with Crippen LogP contribution in [0.3, 0.4) is 0 Å². The van der Waals surface area contributed by atoms with Crippen molar-refractivity contribution in [3.63, 3.8) is 0 Å². The monoisotopic (exact) mass is 393 g/mol. The molecule has 0 saturated heterocycles. The first-order valence-electron chi connectivity index (χ1n) is 9.23. The fourth-order valence-electron chi connectivity index (χ4n) is 2.96. The van der Waals surface area contributed by atoms with Crippen LogP contribution in [0.5, 0.6) is 0 Å². The number of carbonyl (C=O) groups excluding carboxylic acids is 1. The number of anilines is 3. The zero-order chi connectivity index (χ0) is 20.1. The standard InChI is InChI=1S/C23H24ClN3O/c1-15(2)25-23(28)27-22-11-7-6-10-21(22)26-17-12-13-19(20(24)14-17)18-9-5-4-8-16(18)3/h4-15,26H,1-3H3,(H2,25,27,28). The highest BCUT2D eigenvalue weighted by atomic mass is 35.5. The smallest absolute Gasteiger partial charge is 0.319 e. The van der Waals surface area contributed by atoms with Gasteiger partial charge in [0.1, 0.15) is 0 Å². The molecule has 0 unspecified atom stereocenters. The quantitative estimate of drug-likeness (QED) is 0.458. The average molecular weight is 394 g/mol. The lowest BCUT2D eigenvalue weighted by Crippen LogP contribution is -2.34. The Morgan fingerprint density at radius 3 is 2.25 bits per heavy atom. The molecule has 0 aliphatic carbocycles. The minimum Gasteiger partial charge on any atom is -0.354 e. The molecule has 0 bridgehead atoms. The molecule has 4 nitrogen and oxygen atoms in total. The second kappa shape index (κ2) is 8.81. The summed E-state index contributed by atoms with van der Waals surface area (Å²) in [4.78, 5) is 12.0. The molecule has 0 radical (unpaired) electrons. The van der Waals surface area contributed by atoms with Gasteiger partial charge in [-0.2, -0.15) is 0 Å². The molecule has 0 aliphatic heterocycles. The Labute approximate surface area is 170 Å². The van der Waals surface area contributed by atoms with Crippen molar-refractivity contribution in [2.75, 3.05) is 10.6 Å². The van der Waals surface area contributed by atoms with Gasteiger partial charge in [0.25, 0.3) is 0 Å². The van der Waals surface area contributed by atoms with Gasteiger partial charge in [0.15, 0.2) is 0 Å². The Hall–Kier alpha value is -2.98. The first-order valence-corrected chi connectivity index (χ1v) is 9.61. The van der Waals surface area contributed by atoms with Crippen LogP contribution >= 0.6 is 11.6 Å². The summed E-state index contributed by atoms with van der Waals surface area (Å²) in [5.41, 5.74) is 5.62. The van der Waals surface area contributed by atoms with Crippen LogP contribution in [0.4, 0.5) is 21.9 Å². The van der Waals surface area contributed by atoms with Crippen molar-refractivity contribution in [3.8, 4) is 11.1 Å². The molecular weight excluding hydrogens is 370 g/mol. The van der Waals surface area contributed by atoms with Crippen molar-refractivity contribution >= 4 is 34.7 Å². The zero-order valence-electron chi connectivity index (χ0n) is 16.2. The number of hydrogen-bond acceptors (Lipinski definition) is 2. The third-order valence-corrected chi connectivity index (χ3v) is 4.59. The van der Waals surface area contributed by atoms with Crippen LogP contribution in [0.25, 0.3) is 11.1 Å². The van der Waals surface area contributed by atoms with E-state index in [9.17, 15) is 4.79 Å². The van der Waals surface area contributed by atoms with Crippen molar-refractivity contribution < 1.29 is 4.79 Å². The molecule has 0 heterocycles. The fraction of sp³-hybridized carbons (Fsp3) is 0.174. The van der Waals surface area contributed by atoms with Crippen LogP contribution < -0.4 is 16.0 Å². The molecule has 0 aliphatic rings. The van der Waals surface area contributed by atoms with E-state index < -0.39 is 0 Å². The predicted octanol–water partition coefficient (Wildman–Crippen LogP) is 6.59. The van der Waals surface area contributed by atoms with Gasteiger partial charge in [0.2, 0.25) is 0 Å². The molecule has 3 aromatic rings. The van der Waals surface area contributed by atoms with Gasteiger partial charge in [-0.3, -0.25) is 0 Å². The summed E-state index contributed by atoms with van der Waals surface area (Å²) in [5.74, 6) is 0. The highest BCUT2D eigenvalue weighted by Crippen LogP contribution is 2.34. The molecule has 0 spiro atoms. The summed E-state index contributed by atoms with van der Waals surface area (Å²) < 4.78 is 0. The third-order valence-electron chi connectivity index (χ3n) is 4.28. The number of nitrogens with one attached hydrogen (secondary N) is 3. The molecule has 0 aromatic heterocycles. The van der Waals surface area contributed by atoms with E-state index in [0.717, 1.165) is 22.5 Å². The van der Waals surface area contributed by atoms with Crippen LogP contribution in [0.1, 0.15) is 19.4 Å². The van der Waals surface area contributed by atoms with Gasteiger partial charge in [0, 0.05) is 17.3 Å². The van der Waals surface area contributed by atoms with Gasteiger partial charge in [-0.05, 0) is 56.2 Å². The van der Waals surface area contributed by atoms with E-state index in [1.165, 1.54) is 5.56 Å². The third kappa shape index (κ3) is 4.84.